The molecule has 0 heterocycles. The van der Waals surface area contributed by atoms with Crippen molar-refractivity contribution < 1.29 is 8.42 Å². The van der Waals surface area contributed by atoms with E-state index in [-0.39, 0.29) is 11.8 Å². The SMILES string of the molecule is CC(CC1CC1)NS(=O)(=O)CCSc1ccccc1N. The van der Waals surface area contributed by atoms with Gasteiger partial charge in [-0.1, -0.05) is 25.0 Å². The van der Waals surface area contributed by atoms with Crippen LogP contribution in [0.25, 0.3) is 0 Å². The van der Waals surface area contributed by atoms with Crippen molar-refractivity contribution >= 4 is 27.5 Å². The van der Waals surface area contributed by atoms with E-state index in [0.717, 1.165) is 17.2 Å². The first-order valence-electron chi connectivity index (χ1n) is 6.93. The molecule has 0 aliphatic heterocycles. The van der Waals surface area contributed by atoms with E-state index in [4.69, 9.17) is 5.73 Å². The molecule has 1 aliphatic rings. The van der Waals surface area contributed by atoms with Crippen LogP contribution < -0.4 is 10.5 Å². The quantitative estimate of drug-likeness (QED) is 0.571. The van der Waals surface area contributed by atoms with Crippen molar-refractivity contribution in [2.75, 3.05) is 17.2 Å². The van der Waals surface area contributed by atoms with Gasteiger partial charge in [0.1, 0.15) is 0 Å². The minimum atomic E-state index is -3.19. The molecule has 3 N–H and O–H groups in total. The summed E-state index contributed by atoms with van der Waals surface area (Å²) in [6.45, 7) is 1.94. The van der Waals surface area contributed by atoms with Crippen LogP contribution in [0.1, 0.15) is 26.2 Å². The van der Waals surface area contributed by atoms with Crippen molar-refractivity contribution in [1.29, 1.82) is 0 Å². The van der Waals surface area contributed by atoms with Gasteiger partial charge in [0.25, 0.3) is 0 Å². The van der Waals surface area contributed by atoms with Gasteiger partial charge in [-0.3, -0.25) is 0 Å². The van der Waals surface area contributed by atoms with Crippen molar-refractivity contribution in [2.24, 2.45) is 5.92 Å². The third-order valence-corrected chi connectivity index (χ3v) is 6.15. The van der Waals surface area contributed by atoms with Crippen LogP contribution in [0.3, 0.4) is 0 Å². The molecule has 1 aliphatic carbocycles. The Bertz CT molecular complexity index is 542. The fourth-order valence-corrected chi connectivity index (χ4v) is 4.81. The van der Waals surface area contributed by atoms with Crippen molar-refractivity contribution in [3.8, 4) is 0 Å². The van der Waals surface area contributed by atoms with Crippen molar-refractivity contribution in [3.05, 3.63) is 24.3 Å². The van der Waals surface area contributed by atoms with Gasteiger partial charge in [-0.2, -0.15) is 0 Å². The van der Waals surface area contributed by atoms with Gasteiger partial charge in [0.2, 0.25) is 10.0 Å². The molecule has 1 unspecified atom stereocenters. The predicted molar refractivity (Wildman–Crippen MR) is 85.3 cm³/mol. The molecule has 0 spiro atoms. The second kappa shape index (κ2) is 6.83. The molecule has 112 valence electrons. The average molecular weight is 314 g/mol. The van der Waals surface area contributed by atoms with Gasteiger partial charge in [0.15, 0.2) is 0 Å². The zero-order chi connectivity index (χ0) is 14.6. The first kappa shape index (κ1) is 15.7. The van der Waals surface area contributed by atoms with Crippen LogP contribution in [0.15, 0.2) is 29.2 Å². The zero-order valence-electron chi connectivity index (χ0n) is 11.7. The summed E-state index contributed by atoms with van der Waals surface area (Å²) in [5, 5.41) is 0. The van der Waals surface area contributed by atoms with Gasteiger partial charge < -0.3 is 5.73 Å². The number of sulfonamides is 1. The number of anilines is 1. The van der Waals surface area contributed by atoms with Crippen LogP contribution >= 0.6 is 11.8 Å². The number of thioether (sulfide) groups is 1. The van der Waals surface area contributed by atoms with Gasteiger partial charge in [-0.05, 0) is 31.4 Å². The Kier molecular flexibility index (Phi) is 5.35. The Balaban J connectivity index is 1.75. The predicted octanol–water partition coefficient (Wildman–Crippen LogP) is 2.47. The topological polar surface area (TPSA) is 72.2 Å². The minimum absolute atomic E-state index is 0.0410. The summed E-state index contributed by atoms with van der Waals surface area (Å²) in [5.41, 5.74) is 6.53. The lowest BCUT2D eigenvalue weighted by Crippen LogP contribution is -2.35. The van der Waals surface area contributed by atoms with E-state index in [2.05, 4.69) is 4.72 Å². The van der Waals surface area contributed by atoms with E-state index in [1.165, 1.54) is 24.6 Å². The van der Waals surface area contributed by atoms with Crippen LogP contribution in [0.5, 0.6) is 0 Å². The highest BCUT2D eigenvalue weighted by atomic mass is 32.2. The van der Waals surface area contributed by atoms with Crippen molar-refractivity contribution in [1.82, 2.24) is 4.72 Å². The fourth-order valence-electron chi connectivity index (χ4n) is 2.14. The van der Waals surface area contributed by atoms with Crippen LogP contribution in [-0.4, -0.2) is 26.0 Å². The molecule has 1 atom stereocenters. The highest BCUT2D eigenvalue weighted by Gasteiger charge is 2.25. The Hall–Kier alpha value is -0.720. The molecular weight excluding hydrogens is 292 g/mol. The largest absolute Gasteiger partial charge is 0.398 e. The summed E-state index contributed by atoms with van der Waals surface area (Å²) in [7, 11) is -3.19. The maximum atomic E-state index is 12.0. The number of nitrogens with two attached hydrogens (primary N) is 1. The first-order chi connectivity index (χ1) is 9.46. The molecule has 6 heteroatoms. The van der Waals surface area contributed by atoms with Gasteiger partial charge in [0, 0.05) is 22.4 Å². The lowest BCUT2D eigenvalue weighted by molar-refractivity contribution is 0.531. The maximum Gasteiger partial charge on any atom is 0.212 e. The lowest BCUT2D eigenvalue weighted by Gasteiger charge is -2.13. The Morgan fingerprint density at radius 2 is 2.10 bits per heavy atom. The standard InChI is InChI=1S/C14H22N2O2S2/c1-11(10-12-6-7-12)16-20(17,18)9-8-19-14-5-3-2-4-13(14)15/h2-5,11-12,16H,6-10,15H2,1H3. The molecule has 20 heavy (non-hydrogen) atoms. The van der Waals surface area contributed by atoms with Gasteiger partial charge in [0.05, 0.1) is 5.75 Å². The molecule has 1 fully saturated rings. The monoisotopic (exact) mass is 314 g/mol. The number of hydrogen-bond donors (Lipinski definition) is 2. The van der Waals surface area contributed by atoms with Gasteiger partial charge in [-0.25, -0.2) is 13.1 Å². The molecule has 0 saturated heterocycles. The second-order valence-electron chi connectivity index (χ2n) is 5.40. The molecule has 0 radical (unpaired) electrons. The summed E-state index contributed by atoms with van der Waals surface area (Å²) < 4.78 is 26.7. The van der Waals surface area contributed by atoms with Gasteiger partial charge >= 0.3 is 0 Å². The minimum Gasteiger partial charge on any atom is -0.398 e. The van der Waals surface area contributed by atoms with E-state index < -0.39 is 10.0 Å². The summed E-state index contributed by atoms with van der Waals surface area (Å²) in [5.74, 6) is 1.37. The Labute approximate surface area is 125 Å². The first-order valence-corrected chi connectivity index (χ1v) is 9.57. The van der Waals surface area contributed by atoms with E-state index in [0.29, 0.717) is 11.4 Å². The molecular formula is C14H22N2O2S2. The molecule has 2 rings (SSSR count). The third kappa shape index (κ3) is 5.34. The third-order valence-electron chi connectivity index (χ3n) is 3.29. The lowest BCUT2D eigenvalue weighted by atomic mass is 10.2. The number of para-hydroxylation sites is 1. The number of nitrogen functional groups attached to an aromatic ring is 1. The maximum absolute atomic E-state index is 12.0. The summed E-state index contributed by atoms with van der Waals surface area (Å²) in [4.78, 5) is 0.939. The molecule has 0 bridgehead atoms. The summed E-state index contributed by atoms with van der Waals surface area (Å²) in [6, 6.07) is 7.56. The fraction of sp³-hybridized carbons (Fsp3) is 0.571. The molecule has 1 aromatic rings. The zero-order valence-corrected chi connectivity index (χ0v) is 13.3. The number of nitrogens with one attached hydrogen (secondary N) is 1. The summed E-state index contributed by atoms with van der Waals surface area (Å²) >= 11 is 1.48. The smallest absolute Gasteiger partial charge is 0.212 e. The molecule has 1 aromatic carbocycles. The molecule has 0 amide bonds. The van der Waals surface area contributed by atoms with E-state index in [9.17, 15) is 8.42 Å². The van der Waals surface area contributed by atoms with Gasteiger partial charge in [-0.15, -0.1) is 11.8 Å². The normalized spacial score (nSPS) is 17.1. The highest BCUT2D eigenvalue weighted by molar-refractivity contribution is 8.00. The van der Waals surface area contributed by atoms with E-state index in [1.807, 2.05) is 31.2 Å². The number of rotatable bonds is 8. The van der Waals surface area contributed by atoms with Crippen LogP contribution in [0.2, 0.25) is 0 Å². The Morgan fingerprint density at radius 3 is 2.75 bits per heavy atom. The average Bonchev–Trinajstić information content (AvgIpc) is 3.14. The van der Waals surface area contributed by atoms with Crippen molar-refractivity contribution in [3.63, 3.8) is 0 Å². The van der Waals surface area contributed by atoms with Crippen LogP contribution in [0, 0.1) is 5.92 Å². The van der Waals surface area contributed by atoms with Crippen LogP contribution in [0.4, 0.5) is 5.69 Å². The molecule has 1 saturated carbocycles. The number of hydrogen-bond acceptors (Lipinski definition) is 4. The summed E-state index contributed by atoms with van der Waals surface area (Å²) in [6.07, 6.45) is 3.45. The van der Waals surface area contributed by atoms with E-state index >= 15 is 0 Å². The molecule has 0 aromatic heterocycles. The van der Waals surface area contributed by atoms with Crippen LogP contribution in [-0.2, 0) is 10.0 Å². The second-order valence-corrected chi connectivity index (χ2v) is 8.41. The van der Waals surface area contributed by atoms with Crippen molar-refractivity contribution in [2.45, 2.75) is 37.1 Å². The van der Waals surface area contributed by atoms with E-state index in [1.54, 1.807) is 0 Å². The number of benzene rings is 1. The highest BCUT2D eigenvalue weighted by Crippen LogP contribution is 2.33. The molecule has 4 nitrogen and oxygen atoms in total. The Morgan fingerprint density at radius 1 is 1.40 bits per heavy atom.